The fourth-order valence-electron chi connectivity index (χ4n) is 11.8. The summed E-state index contributed by atoms with van der Waals surface area (Å²) < 4.78 is 42.1. The summed E-state index contributed by atoms with van der Waals surface area (Å²) in [6.45, 7) is 24.7. The van der Waals surface area contributed by atoms with E-state index in [-0.39, 0.29) is 66.7 Å². The Kier molecular flexibility index (Phi) is 31.9. The van der Waals surface area contributed by atoms with Crippen LogP contribution in [0.4, 0.5) is 4.39 Å². The second-order valence-electron chi connectivity index (χ2n) is 29.3. The lowest BCUT2D eigenvalue weighted by Crippen LogP contribution is -2.09. The Bertz CT molecular complexity index is 6060. The summed E-state index contributed by atoms with van der Waals surface area (Å²) in [5.74, 6) is 4.78. The molecular weight excluding hydrogens is 1580 g/mol. The van der Waals surface area contributed by atoms with E-state index in [2.05, 4.69) is 74.8 Å². The van der Waals surface area contributed by atoms with E-state index in [0.29, 0.717) is 91.7 Å². The maximum absolute atomic E-state index is 13.2. The Morgan fingerprint density at radius 1 is 0.248 bits per heavy atom. The van der Waals surface area contributed by atoms with E-state index in [4.69, 9.17) is 23.7 Å². The van der Waals surface area contributed by atoms with Gasteiger partial charge in [0.15, 0.2) is 28.9 Å². The van der Waals surface area contributed by atoms with Gasteiger partial charge in [-0.2, -0.15) is 0 Å². The largest absolute Gasteiger partial charge is 0.456 e. The lowest BCUT2D eigenvalue weighted by atomic mass is 10.1. The number of aromatic nitrogens is 15. The maximum atomic E-state index is 13.2. The Labute approximate surface area is 724 Å². The highest BCUT2D eigenvalue weighted by molar-refractivity contribution is 5.98. The van der Waals surface area contributed by atoms with E-state index in [1.165, 1.54) is 18.3 Å². The molecule has 26 heteroatoms. The molecule has 15 rings (SSSR count). The molecule has 15 aromatic heterocycles. The van der Waals surface area contributed by atoms with Gasteiger partial charge < -0.3 is 23.7 Å². The maximum Gasteiger partial charge on any atom is 0.187 e. The van der Waals surface area contributed by atoms with Gasteiger partial charge in [0.2, 0.25) is 0 Å². The highest BCUT2D eigenvalue weighted by Gasteiger charge is 2.20. The number of carbonyl (C=O) groups excluding carboxylic acids is 5. The first-order valence-corrected chi connectivity index (χ1v) is 40.0. The summed E-state index contributed by atoms with van der Waals surface area (Å²) >= 11 is 0. The molecule has 0 aliphatic rings. The van der Waals surface area contributed by atoms with Crippen molar-refractivity contribution in [3.8, 4) is 57.5 Å². The molecule has 630 valence electrons. The number of rotatable bonds is 26. The van der Waals surface area contributed by atoms with Crippen LogP contribution in [0.2, 0.25) is 0 Å². The van der Waals surface area contributed by atoms with Crippen molar-refractivity contribution in [1.29, 1.82) is 0 Å². The number of hydrogen-bond acceptors (Lipinski definition) is 25. The summed E-state index contributed by atoms with van der Waals surface area (Å²) in [6.07, 6.45) is 18.1. The molecule has 0 N–H and O–H groups in total. The van der Waals surface area contributed by atoms with Crippen molar-refractivity contribution >= 4 is 28.9 Å². The first-order chi connectivity index (χ1) is 60.1. The number of carbonyl (C=O) groups is 5. The number of pyridine rings is 15. The monoisotopic (exact) mass is 1670 g/mol. The van der Waals surface area contributed by atoms with Gasteiger partial charge in [-0.05, 0) is 209 Å². The number of halogens is 1. The normalized spacial score (nSPS) is 10.5. The minimum Gasteiger partial charge on any atom is -0.456 e. The average Bonchev–Trinajstić information content (AvgIpc) is 0.862. The van der Waals surface area contributed by atoms with Crippen LogP contribution in [-0.4, -0.2) is 104 Å². The molecule has 0 fully saturated rings. The third kappa shape index (κ3) is 29.4. The molecule has 0 aliphatic carbocycles. The van der Waals surface area contributed by atoms with Crippen LogP contribution in [0.3, 0.4) is 0 Å². The summed E-state index contributed by atoms with van der Waals surface area (Å²) in [5, 5.41) is 0. The molecule has 0 radical (unpaired) electrons. The molecule has 0 amide bonds. The number of ether oxygens (including phenoxy) is 5. The Balaban J connectivity index is 0.000000152. The molecule has 0 atom stereocenters. The van der Waals surface area contributed by atoms with Crippen LogP contribution in [0, 0.1) is 88.9 Å². The van der Waals surface area contributed by atoms with Gasteiger partial charge >= 0.3 is 0 Å². The predicted octanol–water partition coefficient (Wildman–Crippen LogP) is 19.8. The molecule has 0 unspecified atom stereocenters. The molecule has 0 saturated heterocycles. The number of aryl methyl sites for hydroxylation is 13. The van der Waals surface area contributed by atoms with Crippen molar-refractivity contribution in [3.63, 3.8) is 0 Å². The Morgan fingerprint density at radius 3 is 0.824 bits per heavy atom. The predicted molar refractivity (Wildman–Crippen MR) is 470 cm³/mol. The van der Waals surface area contributed by atoms with Gasteiger partial charge in [0.1, 0.15) is 91.8 Å². The molecule has 125 heavy (non-hydrogen) atoms. The van der Waals surface area contributed by atoms with Gasteiger partial charge in [0.25, 0.3) is 0 Å². The third-order valence-electron chi connectivity index (χ3n) is 18.0. The lowest BCUT2D eigenvalue weighted by molar-refractivity contribution is 0.0978. The Hall–Kier alpha value is -15.5. The van der Waals surface area contributed by atoms with Crippen LogP contribution >= 0.6 is 0 Å². The number of nitrogens with zero attached hydrogens (tertiary/aromatic N) is 15. The van der Waals surface area contributed by atoms with Gasteiger partial charge in [-0.25, -0.2) is 29.3 Å². The molecule has 15 aromatic rings. The van der Waals surface area contributed by atoms with Gasteiger partial charge in [0, 0.05) is 171 Å². The number of ketones is 5. The summed E-state index contributed by atoms with van der Waals surface area (Å²) in [4.78, 5) is 126. The highest BCUT2D eigenvalue weighted by Crippen LogP contribution is 2.29. The third-order valence-corrected chi connectivity index (χ3v) is 18.0. The van der Waals surface area contributed by atoms with Crippen molar-refractivity contribution in [1.82, 2.24) is 74.8 Å². The van der Waals surface area contributed by atoms with E-state index in [1.54, 1.807) is 142 Å². The standard InChI is InChI=1S/C21H21N3O2.2C20H19N3O2.C19H16FN3O2.C19H17N3O2/c1-4-16-6-5-7-17(24-16)11-21(25)20-12-19(10-15(3)23-20)26-18-9-8-14(2)22-13-18;2*1-13-4-6-16(22-11-13)9-20(24)19-10-18(8-15(3)23-19)25-17-7-5-14(2)21-12-17;1-12-3-4-16(11-22-12)25-17-7-13(2)23-18(10-17)19(24)9-15-8-14(20)5-6-21-15;1-13-5-6-15(21-11-13)9-19(23)18-10-17(8-14(2)22-18)24-16-4-3-7-20-12-16/h5-10,12-13H,4,11H2,1-3H3;2*4-8,10-12H,9H2,1-3H3;3-8,10-11H,9H2,1-2H3;3-8,10-12H,9H2,1-2H3. The minimum absolute atomic E-state index is 0.0280. The second-order valence-corrected chi connectivity index (χ2v) is 29.3. The molecule has 0 aromatic carbocycles. The quantitative estimate of drug-likeness (QED) is 0.0455. The summed E-state index contributed by atoms with van der Waals surface area (Å²) in [5.41, 5.74) is 16.4. The first-order valence-electron chi connectivity index (χ1n) is 40.0. The molecule has 15 heterocycles. The van der Waals surface area contributed by atoms with Crippen molar-refractivity contribution in [2.24, 2.45) is 0 Å². The van der Waals surface area contributed by atoms with Crippen LogP contribution < -0.4 is 23.7 Å². The van der Waals surface area contributed by atoms with Crippen molar-refractivity contribution < 1.29 is 52.0 Å². The minimum atomic E-state index is -0.425. The zero-order chi connectivity index (χ0) is 88.9. The van der Waals surface area contributed by atoms with Crippen molar-refractivity contribution in [2.45, 2.75) is 129 Å². The fourth-order valence-corrected chi connectivity index (χ4v) is 11.8. The van der Waals surface area contributed by atoms with E-state index in [9.17, 15) is 28.4 Å². The number of Topliss-reactive ketones (excluding diaryl/α,β-unsaturated/α-hetero) is 5. The summed E-state index contributed by atoms with van der Waals surface area (Å²) in [7, 11) is 0. The van der Waals surface area contributed by atoms with E-state index < -0.39 is 5.82 Å². The van der Waals surface area contributed by atoms with Gasteiger partial charge in [-0.15, -0.1) is 0 Å². The van der Waals surface area contributed by atoms with Crippen LogP contribution in [0.1, 0.15) is 161 Å². The first kappa shape index (κ1) is 90.3. The van der Waals surface area contributed by atoms with Crippen LogP contribution in [0.25, 0.3) is 0 Å². The molecule has 0 aliphatic heterocycles. The molecule has 0 saturated carbocycles. The smallest absolute Gasteiger partial charge is 0.187 e. The van der Waals surface area contributed by atoms with Gasteiger partial charge in [-0.3, -0.25) is 73.8 Å². The molecule has 0 spiro atoms. The van der Waals surface area contributed by atoms with Crippen LogP contribution in [-0.2, 0) is 38.5 Å². The SMILES string of the molecule is CCc1cccc(CC(=O)c2cc(Oc3ccc(C)nc3)cc(C)n2)n1.Cc1ccc(CC(=O)c2cc(Oc3ccc(C)nc3)cc(C)n2)nc1.Cc1ccc(CC(=O)c2cc(Oc3ccc(C)nc3)cc(C)n2)nc1.Cc1ccc(CC(=O)c2cc(Oc3cccnc3)cc(C)n2)nc1.Cc1ccc(Oc2cc(C)nc(C(=O)Cc3cc(F)ccn3)c2)cn1. The van der Waals surface area contributed by atoms with E-state index in [1.807, 2.05) is 180 Å². The van der Waals surface area contributed by atoms with Crippen molar-refractivity contribution in [3.05, 3.63) is 386 Å². The zero-order valence-corrected chi connectivity index (χ0v) is 71.6. The second kappa shape index (κ2) is 44.2. The average molecular weight is 1670 g/mol. The molecule has 25 nitrogen and oxygen atoms in total. The number of hydrogen-bond donors (Lipinski definition) is 0. The van der Waals surface area contributed by atoms with E-state index in [0.717, 1.165) is 97.1 Å². The van der Waals surface area contributed by atoms with Gasteiger partial charge in [-0.1, -0.05) is 31.2 Å². The zero-order valence-electron chi connectivity index (χ0n) is 71.6. The lowest BCUT2D eigenvalue weighted by Gasteiger charge is -2.09. The van der Waals surface area contributed by atoms with E-state index >= 15 is 0 Å². The topological polar surface area (TPSA) is 325 Å². The summed E-state index contributed by atoms with van der Waals surface area (Å²) in [6, 6.07) is 55.1. The highest BCUT2D eigenvalue weighted by atomic mass is 19.1. The fraction of sp³-hybridized carbons (Fsp3) is 0.192. The van der Waals surface area contributed by atoms with Crippen LogP contribution in [0.15, 0.2) is 250 Å². The van der Waals surface area contributed by atoms with Crippen molar-refractivity contribution in [2.75, 3.05) is 0 Å². The van der Waals surface area contributed by atoms with Gasteiger partial charge in [0.05, 0.1) is 68.8 Å². The van der Waals surface area contributed by atoms with Crippen LogP contribution in [0.5, 0.6) is 57.5 Å². The molecule has 0 bridgehead atoms. The Morgan fingerprint density at radius 2 is 0.552 bits per heavy atom. The molecular formula is C99H92FN15O10.